The molecule has 0 fully saturated rings. The zero-order chi connectivity index (χ0) is 15.7. The van der Waals surface area contributed by atoms with Crippen molar-refractivity contribution in [1.29, 1.82) is 0 Å². The van der Waals surface area contributed by atoms with Gasteiger partial charge in [0.2, 0.25) is 0 Å². The minimum absolute atomic E-state index is 0.146. The van der Waals surface area contributed by atoms with Gasteiger partial charge in [0.05, 0.1) is 0 Å². The Kier molecular flexibility index (Phi) is 8.33. The first kappa shape index (κ1) is 18.2. The summed E-state index contributed by atoms with van der Waals surface area (Å²) in [6.07, 6.45) is -4.06. The lowest BCUT2D eigenvalue weighted by molar-refractivity contribution is -0.174. The molecule has 0 spiro atoms. The Morgan fingerprint density at radius 1 is 0.800 bits per heavy atom. The second-order valence-corrected chi connectivity index (χ2v) is 3.89. The van der Waals surface area contributed by atoms with Crippen LogP contribution < -0.4 is 0 Å². The van der Waals surface area contributed by atoms with Crippen LogP contribution in [0, 0.1) is 0 Å². The third-order valence-electron chi connectivity index (χ3n) is 2.32. The molecule has 8 heteroatoms. The number of ketones is 2. The van der Waals surface area contributed by atoms with E-state index >= 15 is 0 Å². The van der Waals surface area contributed by atoms with E-state index in [4.69, 9.17) is 0 Å². The van der Waals surface area contributed by atoms with Crippen molar-refractivity contribution < 1.29 is 38.9 Å². The number of carbonyl (C=O) groups is 4. The van der Waals surface area contributed by atoms with Crippen LogP contribution in [0.5, 0.6) is 0 Å². The zero-order valence-electron chi connectivity index (χ0n) is 11.3. The van der Waals surface area contributed by atoms with Gasteiger partial charge in [-0.1, -0.05) is 13.8 Å². The summed E-state index contributed by atoms with van der Waals surface area (Å²) >= 11 is 0. The number of ether oxygens (including phenoxy) is 2. The Hall–Kier alpha value is -1.80. The van der Waals surface area contributed by atoms with Crippen molar-refractivity contribution in [2.24, 2.45) is 0 Å². The van der Waals surface area contributed by atoms with Crippen LogP contribution in [0.1, 0.15) is 26.7 Å². The number of Topliss-reactive ketones (excluding diaryl/α,β-unsaturated/α-hetero) is 2. The average molecular weight is 290 g/mol. The van der Waals surface area contributed by atoms with Crippen molar-refractivity contribution >= 4 is 23.5 Å². The lowest BCUT2D eigenvalue weighted by Gasteiger charge is -2.15. The van der Waals surface area contributed by atoms with E-state index in [0.29, 0.717) is 0 Å². The zero-order valence-corrected chi connectivity index (χ0v) is 11.3. The molecule has 8 nitrogen and oxygen atoms in total. The minimum atomic E-state index is -2.18. The Bertz CT molecular complexity index is 340. The van der Waals surface area contributed by atoms with Gasteiger partial charge in [0.25, 0.3) is 0 Å². The fourth-order valence-electron chi connectivity index (χ4n) is 0.936. The van der Waals surface area contributed by atoms with Crippen molar-refractivity contribution in [3.63, 3.8) is 0 Å². The van der Waals surface area contributed by atoms with Crippen LogP contribution in [0.2, 0.25) is 0 Å². The predicted octanol–water partition coefficient (Wildman–Crippen LogP) is -1.25. The van der Waals surface area contributed by atoms with E-state index in [2.05, 4.69) is 9.47 Å². The smallest absolute Gasteiger partial charge is 0.338 e. The molecule has 0 bridgehead atoms. The molecule has 0 rings (SSSR count). The van der Waals surface area contributed by atoms with Crippen molar-refractivity contribution in [3.05, 3.63) is 0 Å². The Morgan fingerprint density at radius 2 is 1.10 bits per heavy atom. The molecule has 2 atom stereocenters. The molecular formula is C12H18O8. The van der Waals surface area contributed by atoms with Gasteiger partial charge >= 0.3 is 11.9 Å². The van der Waals surface area contributed by atoms with Gasteiger partial charge < -0.3 is 19.7 Å². The van der Waals surface area contributed by atoms with Gasteiger partial charge in [-0.05, 0) is 0 Å². The van der Waals surface area contributed by atoms with E-state index in [1.807, 2.05) is 0 Å². The van der Waals surface area contributed by atoms with E-state index in [1.54, 1.807) is 13.8 Å². The second kappa shape index (κ2) is 9.16. The molecule has 0 radical (unpaired) electrons. The summed E-state index contributed by atoms with van der Waals surface area (Å²) in [4.78, 5) is 44.3. The molecule has 0 aromatic heterocycles. The number of rotatable bonds is 9. The van der Waals surface area contributed by atoms with Gasteiger partial charge in [0.1, 0.15) is 13.2 Å². The van der Waals surface area contributed by atoms with E-state index in [9.17, 15) is 29.4 Å². The summed E-state index contributed by atoms with van der Waals surface area (Å²) in [7, 11) is 0. The molecular weight excluding hydrogens is 272 g/mol. The predicted molar refractivity (Wildman–Crippen MR) is 64.5 cm³/mol. The fraction of sp³-hybridized carbons (Fsp3) is 0.667. The maximum Gasteiger partial charge on any atom is 0.338 e. The molecule has 0 heterocycles. The highest BCUT2D eigenvalue weighted by atomic mass is 16.6. The first-order valence-electron chi connectivity index (χ1n) is 6.06. The molecule has 20 heavy (non-hydrogen) atoms. The molecule has 0 aromatic carbocycles. The molecule has 0 aromatic rings. The summed E-state index contributed by atoms with van der Waals surface area (Å²) in [5.41, 5.74) is 0. The van der Waals surface area contributed by atoms with Gasteiger partial charge in [0.15, 0.2) is 23.8 Å². The van der Waals surface area contributed by atoms with Crippen LogP contribution in [0.4, 0.5) is 0 Å². The van der Waals surface area contributed by atoms with E-state index in [0.717, 1.165) is 0 Å². The molecule has 114 valence electrons. The first-order valence-corrected chi connectivity index (χ1v) is 6.06. The third kappa shape index (κ3) is 6.39. The number of hydrogen-bond donors (Lipinski definition) is 2. The first-order chi connectivity index (χ1) is 9.33. The third-order valence-corrected chi connectivity index (χ3v) is 2.32. The van der Waals surface area contributed by atoms with Gasteiger partial charge in [-0.25, -0.2) is 9.59 Å². The average Bonchev–Trinajstić information content (AvgIpc) is 2.47. The topological polar surface area (TPSA) is 127 Å². The fourth-order valence-corrected chi connectivity index (χ4v) is 0.936. The highest BCUT2D eigenvalue weighted by Gasteiger charge is 2.33. The van der Waals surface area contributed by atoms with Crippen molar-refractivity contribution in [2.75, 3.05) is 13.2 Å². The quantitative estimate of drug-likeness (QED) is 0.504. The largest absolute Gasteiger partial charge is 0.456 e. The molecule has 0 amide bonds. The maximum absolute atomic E-state index is 11.2. The van der Waals surface area contributed by atoms with Crippen LogP contribution >= 0.6 is 0 Å². The van der Waals surface area contributed by atoms with Crippen molar-refractivity contribution in [1.82, 2.24) is 0 Å². The van der Waals surface area contributed by atoms with Gasteiger partial charge in [-0.15, -0.1) is 0 Å². The summed E-state index contributed by atoms with van der Waals surface area (Å²) in [5, 5.41) is 18.7. The highest BCUT2D eigenvalue weighted by molar-refractivity contribution is 5.88. The molecule has 0 aliphatic rings. The van der Waals surface area contributed by atoms with Gasteiger partial charge in [-0.3, -0.25) is 9.59 Å². The summed E-state index contributed by atoms with van der Waals surface area (Å²) in [6, 6.07) is 0. The number of carbonyl (C=O) groups excluding carboxylic acids is 4. The molecule has 2 N–H and O–H groups in total. The lowest BCUT2D eigenvalue weighted by atomic mass is 10.2. The SMILES string of the molecule is CCC(=O)COC(=O)C(O)C(O)C(=O)OCC(=O)CC. The normalized spacial score (nSPS) is 13.2. The van der Waals surface area contributed by atoms with Crippen LogP contribution in [-0.2, 0) is 28.7 Å². The molecule has 0 saturated heterocycles. The minimum Gasteiger partial charge on any atom is -0.456 e. The highest BCUT2D eigenvalue weighted by Crippen LogP contribution is 2.01. The Balaban J connectivity index is 4.27. The molecule has 0 aliphatic carbocycles. The second-order valence-electron chi connectivity index (χ2n) is 3.89. The lowest BCUT2D eigenvalue weighted by Crippen LogP contribution is -2.42. The van der Waals surface area contributed by atoms with Crippen LogP contribution in [0.25, 0.3) is 0 Å². The molecule has 0 saturated carbocycles. The summed E-state index contributed by atoms with van der Waals surface area (Å²) in [5.74, 6) is -3.40. The standard InChI is InChI=1S/C12H18O8/c1-3-7(13)5-19-11(17)9(15)10(16)12(18)20-6-8(14)4-2/h9-10,15-16H,3-6H2,1-2H3. The summed E-state index contributed by atoms with van der Waals surface area (Å²) in [6.45, 7) is 2.01. The number of aliphatic hydroxyl groups excluding tert-OH is 2. The van der Waals surface area contributed by atoms with Crippen LogP contribution in [0.15, 0.2) is 0 Å². The van der Waals surface area contributed by atoms with Crippen LogP contribution in [0.3, 0.4) is 0 Å². The number of hydrogen-bond acceptors (Lipinski definition) is 8. The van der Waals surface area contributed by atoms with E-state index < -0.39 is 37.4 Å². The van der Waals surface area contributed by atoms with Crippen LogP contribution in [-0.4, -0.2) is 59.1 Å². The Labute approximate surface area is 115 Å². The van der Waals surface area contributed by atoms with Gasteiger partial charge in [-0.2, -0.15) is 0 Å². The van der Waals surface area contributed by atoms with Crippen molar-refractivity contribution in [3.8, 4) is 0 Å². The van der Waals surface area contributed by atoms with Crippen molar-refractivity contribution in [2.45, 2.75) is 38.9 Å². The van der Waals surface area contributed by atoms with E-state index in [-0.39, 0.29) is 24.4 Å². The molecule has 0 aliphatic heterocycles. The maximum atomic E-state index is 11.2. The van der Waals surface area contributed by atoms with E-state index in [1.165, 1.54) is 0 Å². The Morgan fingerprint density at radius 3 is 1.35 bits per heavy atom. The molecule has 2 unspecified atom stereocenters. The van der Waals surface area contributed by atoms with Gasteiger partial charge in [0, 0.05) is 12.8 Å². The monoisotopic (exact) mass is 290 g/mol. The number of esters is 2. The summed E-state index contributed by atoms with van der Waals surface area (Å²) < 4.78 is 8.80. The number of aliphatic hydroxyl groups is 2.